The molecule has 1 aliphatic heterocycles. The summed E-state index contributed by atoms with van der Waals surface area (Å²) < 4.78 is 23.6. The van der Waals surface area contributed by atoms with E-state index < -0.39 is 10.8 Å². The quantitative estimate of drug-likeness (QED) is 0.542. The predicted octanol–water partition coefficient (Wildman–Crippen LogP) is 4.01. The van der Waals surface area contributed by atoms with Crippen LogP contribution in [-0.2, 0) is 22.3 Å². The summed E-state index contributed by atoms with van der Waals surface area (Å²) in [5.41, 5.74) is 3.30. The van der Waals surface area contributed by atoms with Gasteiger partial charge in [-0.25, -0.2) is 0 Å². The zero-order valence-electron chi connectivity index (χ0n) is 18.5. The van der Waals surface area contributed by atoms with E-state index in [9.17, 15) is 9.00 Å². The summed E-state index contributed by atoms with van der Waals surface area (Å²) in [7, 11) is 0.561. The first-order valence-corrected chi connectivity index (χ1v) is 12.2. The van der Waals surface area contributed by atoms with Gasteiger partial charge in [-0.15, -0.1) is 0 Å². The standard InChI is InChI=1S/C25H28N2O4S/c1-19-6-8-20(9-7-19)17-32(29)18-23-10-11-24(31-23)25(28)27-14-12-26(13-15-27)21-4-3-5-22(16-21)30-2/h3-11,16H,12-15,17-18H2,1-2H3/t32-/m0/s1. The highest BCUT2D eigenvalue weighted by Crippen LogP contribution is 2.23. The van der Waals surface area contributed by atoms with Crippen molar-refractivity contribution >= 4 is 22.4 Å². The predicted molar refractivity (Wildman–Crippen MR) is 127 cm³/mol. The normalized spacial score (nSPS) is 14.9. The van der Waals surface area contributed by atoms with E-state index in [1.165, 1.54) is 5.56 Å². The van der Waals surface area contributed by atoms with Crippen molar-refractivity contribution in [1.29, 1.82) is 0 Å². The van der Waals surface area contributed by atoms with Crippen LogP contribution in [0.2, 0.25) is 0 Å². The van der Waals surface area contributed by atoms with E-state index in [1.807, 2.05) is 54.3 Å². The minimum Gasteiger partial charge on any atom is -0.497 e. The Hall–Kier alpha value is -3.06. The van der Waals surface area contributed by atoms with Crippen LogP contribution in [0.1, 0.15) is 27.4 Å². The van der Waals surface area contributed by atoms with Crippen molar-refractivity contribution in [1.82, 2.24) is 4.90 Å². The molecule has 1 fully saturated rings. The number of rotatable bonds is 7. The number of piperazine rings is 1. The summed E-state index contributed by atoms with van der Waals surface area (Å²) in [5, 5.41) is 0. The first-order valence-electron chi connectivity index (χ1n) is 10.7. The Morgan fingerprint density at radius 1 is 1.00 bits per heavy atom. The van der Waals surface area contributed by atoms with Gasteiger partial charge in [-0.3, -0.25) is 9.00 Å². The van der Waals surface area contributed by atoms with Crippen LogP contribution in [0, 0.1) is 6.92 Å². The summed E-state index contributed by atoms with van der Waals surface area (Å²) in [5.74, 6) is 2.35. The molecule has 7 heteroatoms. The van der Waals surface area contributed by atoms with Gasteiger partial charge in [0.05, 0.1) is 12.9 Å². The highest BCUT2D eigenvalue weighted by molar-refractivity contribution is 7.83. The Morgan fingerprint density at radius 3 is 2.47 bits per heavy atom. The molecule has 0 saturated carbocycles. The molecule has 0 N–H and O–H groups in total. The maximum Gasteiger partial charge on any atom is 0.289 e. The third-order valence-corrected chi connectivity index (χ3v) is 6.87. The van der Waals surface area contributed by atoms with Gasteiger partial charge in [-0.1, -0.05) is 35.9 Å². The minimum atomic E-state index is -1.10. The molecule has 0 bridgehead atoms. The lowest BCUT2D eigenvalue weighted by molar-refractivity contribution is 0.0713. The van der Waals surface area contributed by atoms with Gasteiger partial charge in [-0.2, -0.15) is 0 Å². The molecule has 2 heterocycles. The number of carbonyl (C=O) groups excluding carboxylic acids is 1. The number of aryl methyl sites for hydroxylation is 1. The number of benzene rings is 2. The summed E-state index contributed by atoms with van der Waals surface area (Å²) in [6.45, 7) is 4.75. The van der Waals surface area contributed by atoms with Crippen molar-refractivity contribution in [3.05, 3.63) is 83.3 Å². The van der Waals surface area contributed by atoms with Crippen LogP contribution < -0.4 is 9.64 Å². The molecule has 1 aromatic heterocycles. The zero-order chi connectivity index (χ0) is 22.5. The monoisotopic (exact) mass is 452 g/mol. The topological polar surface area (TPSA) is 63.0 Å². The summed E-state index contributed by atoms with van der Waals surface area (Å²) >= 11 is 0. The van der Waals surface area contributed by atoms with Gasteiger partial charge >= 0.3 is 0 Å². The molecule has 1 atom stereocenters. The van der Waals surface area contributed by atoms with Crippen molar-refractivity contribution < 1.29 is 18.2 Å². The SMILES string of the molecule is COc1cccc(N2CCN(C(=O)c3ccc(C[S@@](=O)Cc4ccc(C)cc4)o3)CC2)c1. The van der Waals surface area contributed by atoms with Crippen molar-refractivity contribution in [3.63, 3.8) is 0 Å². The average molecular weight is 453 g/mol. The Balaban J connectivity index is 1.31. The second-order valence-electron chi connectivity index (χ2n) is 7.96. The Bertz CT molecular complexity index is 1090. The molecular formula is C25H28N2O4S. The molecule has 0 aliphatic carbocycles. The van der Waals surface area contributed by atoms with E-state index in [-0.39, 0.29) is 5.91 Å². The lowest BCUT2D eigenvalue weighted by atomic mass is 10.2. The Kier molecular flexibility index (Phi) is 6.95. The fourth-order valence-corrected chi connectivity index (χ4v) is 4.92. The second kappa shape index (κ2) is 10.0. The molecule has 0 unspecified atom stereocenters. The number of hydrogen-bond acceptors (Lipinski definition) is 5. The van der Waals surface area contributed by atoms with E-state index >= 15 is 0 Å². The zero-order valence-corrected chi connectivity index (χ0v) is 19.3. The van der Waals surface area contributed by atoms with Crippen LogP contribution in [0.4, 0.5) is 5.69 Å². The van der Waals surface area contributed by atoms with Gasteiger partial charge in [0.2, 0.25) is 0 Å². The van der Waals surface area contributed by atoms with E-state index in [0.29, 0.717) is 36.1 Å². The fraction of sp³-hybridized carbons (Fsp3) is 0.320. The van der Waals surface area contributed by atoms with E-state index in [4.69, 9.17) is 9.15 Å². The van der Waals surface area contributed by atoms with Gasteiger partial charge in [0.15, 0.2) is 5.76 Å². The average Bonchev–Trinajstić information content (AvgIpc) is 3.28. The van der Waals surface area contributed by atoms with Crippen molar-refractivity contribution in [2.24, 2.45) is 0 Å². The van der Waals surface area contributed by atoms with Crippen molar-refractivity contribution in [3.8, 4) is 5.75 Å². The summed E-state index contributed by atoms with van der Waals surface area (Å²) in [6.07, 6.45) is 0. The van der Waals surface area contributed by atoms with Gasteiger partial charge in [0, 0.05) is 54.5 Å². The van der Waals surface area contributed by atoms with Gasteiger partial charge in [0.25, 0.3) is 5.91 Å². The maximum absolute atomic E-state index is 12.9. The largest absolute Gasteiger partial charge is 0.497 e. The number of furan rings is 1. The van der Waals surface area contributed by atoms with Gasteiger partial charge in [-0.05, 0) is 36.8 Å². The van der Waals surface area contributed by atoms with E-state index in [0.717, 1.165) is 30.1 Å². The lowest BCUT2D eigenvalue weighted by Gasteiger charge is -2.35. The molecule has 1 aliphatic rings. The number of amides is 1. The molecule has 1 amide bonds. The van der Waals surface area contributed by atoms with Gasteiger partial charge < -0.3 is 19.0 Å². The van der Waals surface area contributed by atoms with Crippen molar-refractivity contribution in [2.75, 3.05) is 38.2 Å². The fourth-order valence-electron chi connectivity index (χ4n) is 3.78. The number of ether oxygens (including phenoxy) is 1. The van der Waals surface area contributed by atoms with Crippen LogP contribution in [-0.4, -0.2) is 48.3 Å². The van der Waals surface area contributed by atoms with Crippen LogP contribution in [0.5, 0.6) is 5.75 Å². The summed E-state index contributed by atoms with van der Waals surface area (Å²) in [4.78, 5) is 16.9. The second-order valence-corrected chi connectivity index (χ2v) is 9.42. The number of anilines is 1. The maximum atomic E-state index is 12.9. The van der Waals surface area contributed by atoms with Crippen LogP contribution >= 0.6 is 0 Å². The highest BCUT2D eigenvalue weighted by Gasteiger charge is 2.25. The molecule has 1 saturated heterocycles. The van der Waals surface area contributed by atoms with Gasteiger partial charge in [0.1, 0.15) is 11.5 Å². The van der Waals surface area contributed by atoms with E-state index in [1.54, 1.807) is 19.2 Å². The molecule has 0 spiro atoms. The number of nitrogens with zero attached hydrogens (tertiary/aromatic N) is 2. The number of hydrogen-bond donors (Lipinski definition) is 0. The first kappa shape index (κ1) is 22.1. The smallest absolute Gasteiger partial charge is 0.289 e. The molecule has 32 heavy (non-hydrogen) atoms. The summed E-state index contributed by atoms with van der Waals surface area (Å²) in [6, 6.07) is 19.4. The minimum absolute atomic E-state index is 0.120. The molecule has 2 aromatic carbocycles. The molecule has 6 nitrogen and oxygen atoms in total. The third-order valence-electron chi connectivity index (χ3n) is 5.61. The Labute approximate surface area is 191 Å². The number of methoxy groups -OCH3 is 1. The first-order chi connectivity index (χ1) is 15.5. The van der Waals surface area contributed by atoms with Crippen LogP contribution in [0.3, 0.4) is 0 Å². The molecule has 3 aromatic rings. The van der Waals surface area contributed by atoms with E-state index in [2.05, 4.69) is 11.0 Å². The molecule has 0 radical (unpaired) electrons. The van der Waals surface area contributed by atoms with Crippen LogP contribution in [0.25, 0.3) is 0 Å². The molecule has 4 rings (SSSR count). The van der Waals surface area contributed by atoms with Crippen molar-refractivity contribution in [2.45, 2.75) is 18.4 Å². The lowest BCUT2D eigenvalue weighted by Crippen LogP contribution is -2.48. The molecular weight excluding hydrogens is 424 g/mol. The number of carbonyl (C=O) groups is 1. The van der Waals surface area contributed by atoms with Crippen LogP contribution in [0.15, 0.2) is 65.1 Å². The highest BCUT2D eigenvalue weighted by atomic mass is 32.2. The molecule has 168 valence electrons. The Morgan fingerprint density at radius 2 is 1.75 bits per heavy atom. The third kappa shape index (κ3) is 5.40.